The maximum atomic E-state index is 7.17. The summed E-state index contributed by atoms with van der Waals surface area (Å²) in [4.78, 5) is 0. The van der Waals surface area contributed by atoms with Crippen molar-refractivity contribution >= 4 is 29.3 Å². The molecule has 188 valence electrons. The van der Waals surface area contributed by atoms with Crippen LogP contribution in [0.25, 0.3) is 0 Å². The fraction of sp³-hybridized carbons (Fsp3) is 0.0526. The molecule has 0 saturated carbocycles. The van der Waals surface area contributed by atoms with Gasteiger partial charge in [0.1, 0.15) is 0 Å². The van der Waals surface area contributed by atoms with Gasteiger partial charge in [0.25, 0.3) is 0 Å². The molecule has 0 aliphatic heterocycles. The number of hydrogen-bond donors (Lipinski definition) is 12. The standard InChI is InChI=1S/C19H16.4BH3O3/c1-4-10-16(11-5-1)19(17-12-6-2-7-13-17)18-14-8-3-9-15-18;4*2-1(3)4/h1-15,19H;4*2-4H. The number of hydrogen-bond acceptors (Lipinski definition) is 12. The Balaban J connectivity index is 0. The third kappa shape index (κ3) is 24.4. The van der Waals surface area contributed by atoms with Crippen LogP contribution in [0.1, 0.15) is 22.6 Å². The van der Waals surface area contributed by atoms with Crippen LogP contribution >= 0.6 is 0 Å². The van der Waals surface area contributed by atoms with Crippen LogP contribution in [-0.2, 0) is 0 Å². The van der Waals surface area contributed by atoms with Gasteiger partial charge in [-0.05, 0) is 16.7 Å². The van der Waals surface area contributed by atoms with Crippen LogP contribution in [0.3, 0.4) is 0 Å². The summed E-state index contributed by atoms with van der Waals surface area (Å²) < 4.78 is 0. The predicted molar refractivity (Wildman–Crippen MR) is 130 cm³/mol. The second-order valence-corrected chi connectivity index (χ2v) is 6.05. The molecule has 35 heavy (non-hydrogen) atoms. The molecule has 12 nitrogen and oxygen atoms in total. The van der Waals surface area contributed by atoms with Gasteiger partial charge in [-0.1, -0.05) is 91.0 Å². The molecular weight excluding hydrogens is 463 g/mol. The molecule has 0 radical (unpaired) electrons. The van der Waals surface area contributed by atoms with E-state index >= 15 is 0 Å². The van der Waals surface area contributed by atoms with Gasteiger partial charge in [0.15, 0.2) is 0 Å². The van der Waals surface area contributed by atoms with Crippen molar-refractivity contribution in [1.29, 1.82) is 0 Å². The molecule has 0 aliphatic carbocycles. The molecule has 0 atom stereocenters. The molecule has 3 aromatic carbocycles. The van der Waals surface area contributed by atoms with E-state index in [0.717, 1.165) is 0 Å². The van der Waals surface area contributed by atoms with E-state index in [1.165, 1.54) is 16.7 Å². The first-order chi connectivity index (χ1) is 16.4. The van der Waals surface area contributed by atoms with E-state index in [1.807, 2.05) is 0 Å². The summed E-state index contributed by atoms with van der Waals surface area (Å²) in [7, 11) is -8.67. The first kappa shape index (κ1) is 34.6. The summed E-state index contributed by atoms with van der Waals surface area (Å²) in [6.45, 7) is 0. The zero-order valence-corrected chi connectivity index (χ0v) is 18.4. The highest BCUT2D eigenvalue weighted by atomic mass is 16.5. The van der Waals surface area contributed by atoms with Gasteiger partial charge in [-0.15, -0.1) is 0 Å². The highest BCUT2D eigenvalue weighted by Gasteiger charge is 2.15. The van der Waals surface area contributed by atoms with Crippen LogP contribution in [0.5, 0.6) is 0 Å². The minimum Gasteiger partial charge on any atom is -0.402 e. The molecular formula is C19H28B4O12. The van der Waals surface area contributed by atoms with Gasteiger partial charge in [0.05, 0.1) is 0 Å². The molecule has 3 aromatic rings. The average molecular weight is 492 g/mol. The van der Waals surface area contributed by atoms with Crippen molar-refractivity contribution in [3.8, 4) is 0 Å². The maximum absolute atomic E-state index is 7.17. The molecule has 0 heterocycles. The van der Waals surface area contributed by atoms with Crippen LogP contribution < -0.4 is 0 Å². The first-order valence-corrected chi connectivity index (χ1v) is 9.70. The molecule has 0 aliphatic rings. The van der Waals surface area contributed by atoms with Crippen LogP contribution in [0.4, 0.5) is 0 Å². The van der Waals surface area contributed by atoms with Gasteiger partial charge in [-0.2, -0.15) is 0 Å². The summed E-state index contributed by atoms with van der Waals surface area (Å²) in [6, 6.07) is 32.0. The summed E-state index contributed by atoms with van der Waals surface area (Å²) >= 11 is 0. The molecule has 0 bridgehead atoms. The molecule has 0 fully saturated rings. The fourth-order valence-electron chi connectivity index (χ4n) is 2.51. The zero-order chi connectivity index (χ0) is 27.2. The van der Waals surface area contributed by atoms with Gasteiger partial charge < -0.3 is 60.3 Å². The van der Waals surface area contributed by atoms with E-state index in [0.29, 0.717) is 5.92 Å². The van der Waals surface area contributed by atoms with Crippen LogP contribution in [0.15, 0.2) is 91.0 Å². The van der Waals surface area contributed by atoms with E-state index in [4.69, 9.17) is 60.3 Å². The Kier molecular flexibility index (Phi) is 21.7. The smallest absolute Gasteiger partial charge is 0.402 e. The number of benzene rings is 3. The highest BCUT2D eigenvalue weighted by Crippen LogP contribution is 2.31. The summed E-state index contributed by atoms with van der Waals surface area (Å²) in [5, 5.41) is 86.0. The Labute approximate surface area is 203 Å². The van der Waals surface area contributed by atoms with Crippen molar-refractivity contribution in [1.82, 2.24) is 0 Å². The largest absolute Gasteiger partial charge is 0.631 e. The van der Waals surface area contributed by atoms with Gasteiger partial charge in [-0.25, -0.2) is 0 Å². The fourth-order valence-corrected chi connectivity index (χ4v) is 2.51. The summed E-state index contributed by atoms with van der Waals surface area (Å²) in [5.41, 5.74) is 4.00. The lowest BCUT2D eigenvalue weighted by molar-refractivity contribution is 0.276. The molecule has 0 spiro atoms. The second kappa shape index (κ2) is 21.9. The monoisotopic (exact) mass is 492 g/mol. The van der Waals surface area contributed by atoms with Crippen molar-refractivity contribution < 1.29 is 60.3 Å². The van der Waals surface area contributed by atoms with Crippen LogP contribution in [0, 0.1) is 0 Å². The lowest BCUT2D eigenvalue weighted by Crippen LogP contribution is -2.07. The lowest BCUT2D eigenvalue weighted by atomic mass is 9.85. The van der Waals surface area contributed by atoms with E-state index in [9.17, 15) is 0 Å². The molecule has 0 unspecified atom stereocenters. The van der Waals surface area contributed by atoms with E-state index in [1.54, 1.807) is 0 Å². The van der Waals surface area contributed by atoms with Crippen molar-refractivity contribution in [3.05, 3.63) is 108 Å². The topological polar surface area (TPSA) is 243 Å². The Morgan fingerprint density at radius 2 is 0.457 bits per heavy atom. The molecule has 0 amide bonds. The maximum Gasteiger partial charge on any atom is 0.631 e. The first-order valence-electron chi connectivity index (χ1n) is 9.70. The van der Waals surface area contributed by atoms with Crippen molar-refractivity contribution in [2.45, 2.75) is 5.92 Å². The normalized spacial score (nSPS) is 8.83. The average Bonchev–Trinajstić information content (AvgIpc) is 2.75. The minimum absolute atomic E-state index is 0.309. The molecule has 0 aromatic heterocycles. The Morgan fingerprint density at radius 3 is 0.600 bits per heavy atom. The van der Waals surface area contributed by atoms with E-state index < -0.39 is 29.3 Å². The second-order valence-electron chi connectivity index (χ2n) is 6.05. The van der Waals surface area contributed by atoms with Gasteiger partial charge in [0.2, 0.25) is 0 Å². The summed E-state index contributed by atoms with van der Waals surface area (Å²) in [6.07, 6.45) is 0. The van der Waals surface area contributed by atoms with Gasteiger partial charge in [-0.3, -0.25) is 0 Å². The zero-order valence-electron chi connectivity index (χ0n) is 18.4. The SMILES string of the molecule is OB(O)O.OB(O)O.OB(O)O.OB(O)O.c1ccc(C(c2ccccc2)c2ccccc2)cc1. The molecule has 16 heteroatoms. The third-order valence-corrected chi connectivity index (χ3v) is 3.40. The quantitative estimate of drug-likeness (QED) is 0.127. The Bertz CT molecular complexity index is 702. The van der Waals surface area contributed by atoms with Crippen molar-refractivity contribution in [3.63, 3.8) is 0 Å². The van der Waals surface area contributed by atoms with Crippen LogP contribution in [-0.4, -0.2) is 89.6 Å². The Morgan fingerprint density at radius 1 is 0.314 bits per heavy atom. The van der Waals surface area contributed by atoms with Crippen molar-refractivity contribution in [2.75, 3.05) is 0 Å². The predicted octanol–water partition coefficient (Wildman–Crippen LogP) is -3.34. The molecule has 3 rings (SSSR count). The summed E-state index contributed by atoms with van der Waals surface area (Å²) in [5.74, 6) is 0.309. The van der Waals surface area contributed by atoms with Gasteiger partial charge in [0, 0.05) is 5.92 Å². The highest BCUT2D eigenvalue weighted by molar-refractivity contribution is 6.31. The Hall–Kier alpha value is -2.56. The third-order valence-electron chi connectivity index (χ3n) is 3.40. The van der Waals surface area contributed by atoms with Crippen molar-refractivity contribution in [2.24, 2.45) is 0 Å². The lowest BCUT2D eigenvalue weighted by Gasteiger charge is -2.18. The van der Waals surface area contributed by atoms with Gasteiger partial charge >= 0.3 is 29.3 Å². The van der Waals surface area contributed by atoms with E-state index in [2.05, 4.69) is 91.0 Å². The molecule has 0 saturated heterocycles. The number of rotatable bonds is 3. The molecule has 12 N–H and O–H groups in total. The minimum atomic E-state index is -2.17. The van der Waals surface area contributed by atoms with E-state index in [-0.39, 0.29) is 0 Å². The van der Waals surface area contributed by atoms with Crippen LogP contribution in [0.2, 0.25) is 0 Å².